The number of nitrogens with one attached hydrogen (secondary N) is 4. The second kappa shape index (κ2) is 21.6. The van der Waals surface area contributed by atoms with Gasteiger partial charge in [-0.1, -0.05) is 112 Å². The van der Waals surface area contributed by atoms with E-state index in [1.807, 2.05) is 50.2 Å². The Balaban J connectivity index is 1.39. The zero-order chi connectivity index (χ0) is 37.9. The summed E-state index contributed by atoms with van der Waals surface area (Å²) in [4.78, 5) is 75.7. The maximum absolute atomic E-state index is 13.2. The lowest BCUT2D eigenvalue weighted by molar-refractivity contribution is -0.139. The number of hydrogen-bond donors (Lipinski definition) is 6. The van der Waals surface area contributed by atoms with Crippen LogP contribution in [-0.4, -0.2) is 58.7 Å². The van der Waals surface area contributed by atoms with E-state index in [2.05, 4.69) is 21.3 Å². The molecule has 3 aromatic carbocycles. The lowest BCUT2D eigenvalue weighted by Gasteiger charge is -2.26. The number of hydrogen-bond acceptors (Lipinski definition) is 6. The molecular formula is C40H51N5O7. The number of carbonyl (C=O) groups is 6. The van der Waals surface area contributed by atoms with Crippen molar-refractivity contribution < 1.29 is 33.9 Å². The van der Waals surface area contributed by atoms with Gasteiger partial charge in [-0.2, -0.15) is 0 Å². The Morgan fingerprint density at radius 2 is 1.17 bits per heavy atom. The number of carboxylic acids is 1. The molecule has 5 amide bonds. The van der Waals surface area contributed by atoms with Crippen LogP contribution in [0, 0.1) is 5.92 Å². The molecule has 12 heteroatoms. The van der Waals surface area contributed by atoms with Crippen molar-refractivity contribution in [3.05, 3.63) is 102 Å². The molecule has 4 atom stereocenters. The second-order valence-electron chi connectivity index (χ2n) is 13.0. The molecule has 0 aliphatic heterocycles. The molecule has 3 aromatic rings. The Morgan fingerprint density at radius 1 is 0.654 bits per heavy atom. The number of carboxylic acid groups (broad SMARTS) is 1. The van der Waals surface area contributed by atoms with Gasteiger partial charge in [0.25, 0.3) is 5.91 Å². The monoisotopic (exact) mass is 713 g/mol. The number of benzene rings is 3. The molecule has 0 radical (unpaired) electrons. The largest absolute Gasteiger partial charge is 0.480 e. The fraction of sp³-hybridized carbons (Fsp3) is 0.400. The van der Waals surface area contributed by atoms with E-state index in [0.717, 1.165) is 30.4 Å². The van der Waals surface area contributed by atoms with E-state index in [0.29, 0.717) is 24.9 Å². The Hall–Kier alpha value is -5.52. The number of unbranched alkanes of at least 4 members (excludes halogenated alkanes) is 4. The van der Waals surface area contributed by atoms with Crippen molar-refractivity contribution in [3.63, 3.8) is 0 Å². The molecule has 52 heavy (non-hydrogen) atoms. The van der Waals surface area contributed by atoms with Crippen LogP contribution in [0.4, 0.5) is 5.69 Å². The number of rotatable bonds is 22. The Labute approximate surface area is 305 Å². The summed E-state index contributed by atoms with van der Waals surface area (Å²) in [5.41, 5.74) is 7.66. The van der Waals surface area contributed by atoms with Gasteiger partial charge in [0.05, 0.1) is 11.3 Å². The molecule has 0 bridgehead atoms. The Morgan fingerprint density at radius 3 is 1.73 bits per heavy atom. The number of anilines is 1. The highest BCUT2D eigenvalue weighted by Gasteiger charge is 2.29. The van der Waals surface area contributed by atoms with Crippen molar-refractivity contribution in [2.75, 3.05) is 5.32 Å². The maximum Gasteiger partial charge on any atom is 0.326 e. The molecule has 0 spiro atoms. The van der Waals surface area contributed by atoms with Crippen LogP contribution >= 0.6 is 0 Å². The first-order valence-electron chi connectivity index (χ1n) is 17.9. The first-order chi connectivity index (χ1) is 25.0. The highest BCUT2D eigenvalue weighted by Crippen LogP contribution is 2.17. The lowest BCUT2D eigenvalue weighted by Crippen LogP contribution is -2.55. The number of para-hydroxylation sites is 1. The molecule has 0 aliphatic carbocycles. The fourth-order valence-electron chi connectivity index (χ4n) is 5.67. The molecule has 12 nitrogen and oxygen atoms in total. The van der Waals surface area contributed by atoms with E-state index >= 15 is 0 Å². The second-order valence-corrected chi connectivity index (χ2v) is 13.0. The number of primary amides is 1. The van der Waals surface area contributed by atoms with Crippen molar-refractivity contribution in [2.45, 2.75) is 96.2 Å². The highest BCUT2D eigenvalue weighted by molar-refractivity contribution is 6.04. The molecule has 0 aromatic heterocycles. The van der Waals surface area contributed by atoms with Crippen LogP contribution in [-0.2, 0) is 36.8 Å². The SMILES string of the molecule is CC[C@@H](C)[C@H](NC(=O)CCCCCCCC(=O)Nc1ccccc1C(=O)N[C@@H](Cc1ccccc1)C(=O)O)C(=O)N[C@@H](Cc1ccccc1)C(N)=O. The first kappa shape index (κ1) is 40.9. The molecule has 0 saturated carbocycles. The van der Waals surface area contributed by atoms with E-state index in [4.69, 9.17) is 5.73 Å². The normalized spacial score (nSPS) is 13.1. The summed E-state index contributed by atoms with van der Waals surface area (Å²) in [7, 11) is 0. The van der Waals surface area contributed by atoms with Gasteiger partial charge in [0.15, 0.2) is 0 Å². The first-order valence-corrected chi connectivity index (χ1v) is 17.9. The molecular weight excluding hydrogens is 662 g/mol. The lowest BCUT2D eigenvalue weighted by atomic mass is 9.97. The minimum absolute atomic E-state index is 0.116. The molecule has 0 aliphatic rings. The third-order valence-electron chi connectivity index (χ3n) is 8.89. The van der Waals surface area contributed by atoms with E-state index in [-0.39, 0.29) is 49.0 Å². The van der Waals surface area contributed by atoms with Gasteiger partial charge in [-0.05, 0) is 42.0 Å². The third-order valence-corrected chi connectivity index (χ3v) is 8.89. The molecule has 0 saturated heterocycles. The zero-order valence-corrected chi connectivity index (χ0v) is 29.9. The Kier molecular flexibility index (Phi) is 17.0. The predicted molar refractivity (Wildman–Crippen MR) is 199 cm³/mol. The number of nitrogens with two attached hydrogens (primary N) is 1. The summed E-state index contributed by atoms with van der Waals surface area (Å²) in [5.74, 6) is -3.54. The Bertz CT molecular complexity index is 1630. The summed E-state index contributed by atoms with van der Waals surface area (Å²) in [6.07, 6.45) is 4.99. The molecule has 7 N–H and O–H groups in total. The number of amides is 5. The van der Waals surface area contributed by atoms with Gasteiger partial charge in [0.1, 0.15) is 18.1 Å². The topological polar surface area (TPSA) is 197 Å². The summed E-state index contributed by atoms with van der Waals surface area (Å²) in [5, 5.41) is 20.6. The summed E-state index contributed by atoms with van der Waals surface area (Å²) < 4.78 is 0. The molecule has 0 fully saturated rings. The number of carbonyl (C=O) groups excluding carboxylic acids is 5. The van der Waals surface area contributed by atoms with Crippen molar-refractivity contribution in [1.29, 1.82) is 0 Å². The maximum atomic E-state index is 13.2. The van der Waals surface area contributed by atoms with Gasteiger partial charge >= 0.3 is 5.97 Å². The van der Waals surface area contributed by atoms with Crippen LogP contribution in [0.25, 0.3) is 0 Å². The van der Waals surface area contributed by atoms with Crippen LogP contribution in [0.2, 0.25) is 0 Å². The van der Waals surface area contributed by atoms with Crippen LogP contribution in [0.1, 0.15) is 86.7 Å². The highest BCUT2D eigenvalue weighted by atomic mass is 16.4. The summed E-state index contributed by atoms with van der Waals surface area (Å²) in [6.45, 7) is 3.79. The average molecular weight is 714 g/mol. The van der Waals surface area contributed by atoms with Gasteiger partial charge in [-0.25, -0.2) is 4.79 Å². The van der Waals surface area contributed by atoms with Crippen LogP contribution < -0.4 is 27.0 Å². The smallest absolute Gasteiger partial charge is 0.326 e. The van der Waals surface area contributed by atoms with Gasteiger partial charge < -0.3 is 32.1 Å². The van der Waals surface area contributed by atoms with E-state index in [1.54, 1.807) is 42.5 Å². The van der Waals surface area contributed by atoms with Crippen molar-refractivity contribution in [2.24, 2.45) is 11.7 Å². The predicted octanol–water partition coefficient (Wildman–Crippen LogP) is 4.53. The quantitative estimate of drug-likeness (QED) is 0.0823. The number of aliphatic carboxylic acids is 1. The van der Waals surface area contributed by atoms with Crippen LogP contribution in [0.5, 0.6) is 0 Å². The van der Waals surface area contributed by atoms with E-state index in [9.17, 15) is 33.9 Å². The summed E-state index contributed by atoms with van der Waals surface area (Å²) >= 11 is 0. The third kappa shape index (κ3) is 14.0. The van der Waals surface area contributed by atoms with E-state index in [1.165, 1.54) is 6.07 Å². The van der Waals surface area contributed by atoms with Crippen LogP contribution in [0.15, 0.2) is 84.9 Å². The van der Waals surface area contributed by atoms with Crippen molar-refractivity contribution in [1.82, 2.24) is 16.0 Å². The van der Waals surface area contributed by atoms with Crippen molar-refractivity contribution in [3.8, 4) is 0 Å². The molecule has 0 heterocycles. The molecule has 278 valence electrons. The standard InChI is InChI=1S/C40H51N5O7/c1-3-27(2)36(39(50)43-32(37(41)48)25-28-17-9-7-10-18-28)45-35(47)24-14-6-4-5-13-23-34(46)42-31-22-16-15-21-30(31)38(49)44-33(40(51)52)26-29-19-11-8-12-20-29/h7-12,15-22,27,32-33,36H,3-6,13-14,23-26H2,1-2H3,(H2,41,48)(H,42,46)(H,43,50)(H,44,49)(H,45,47)(H,51,52)/t27-,32+,33+,36+/m1/s1. The van der Waals surface area contributed by atoms with Gasteiger partial charge in [-0.3, -0.25) is 24.0 Å². The minimum atomic E-state index is -1.16. The minimum Gasteiger partial charge on any atom is -0.480 e. The van der Waals surface area contributed by atoms with Gasteiger partial charge in [0.2, 0.25) is 23.6 Å². The molecule has 3 rings (SSSR count). The van der Waals surface area contributed by atoms with Gasteiger partial charge in [0, 0.05) is 25.7 Å². The van der Waals surface area contributed by atoms with Gasteiger partial charge in [-0.15, -0.1) is 0 Å². The molecule has 0 unspecified atom stereocenters. The summed E-state index contributed by atoms with van der Waals surface area (Å²) in [6, 6.07) is 21.8. The van der Waals surface area contributed by atoms with Crippen LogP contribution in [0.3, 0.4) is 0 Å². The van der Waals surface area contributed by atoms with Crippen molar-refractivity contribution >= 4 is 41.2 Å². The average Bonchev–Trinajstić information content (AvgIpc) is 3.13. The zero-order valence-electron chi connectivity index (χ0n) is 29.9. The van der Waals surface area contributed by atoms with E-state index < -0.39 is 41.8 Å². The fourth-order valence-corrected chi connectivity index (χ4v) is 5.67.